The fourth-order valence-corrected chi connectivity index (χ4v) is 4.45. The highest BCUT2D eigenvalue weighted by molar-refractivity contribution is 9.10. The summed E-state index contributed by atoms with van der Waals surface area (Å²) in [5, 5.41) is 16.8. The van der Waals surface area contributed by atoms with Gasteiger partial charge in [-0.15, -0.1) is 10.2 Å². The summed E-state index contributed by atoms with van der Waals surface area (Å²) in [4.78, 5) is 17.7. The molecule has 0 saturated carbocycles. The van der Waals surface area contributed by atoms with Gasteiger partial charge in [0.05, 0.1) is 17.8 Å². The zero-order valence-electron chi connectivity index (χ0n) is 18.0. The second-order valence-electron chi connectivity index (χ2n) is 7.92. The maximum Gasteiger partial charge on any atom is 0.272 e. The summed E-state index contributed by atoms with van der Waals surface area (Å²) < 4.78 is 6.69. The first-order valence-electron chi connectivity index (χ1n) is 10.8. The molecule has 0 aliphatic rings. The molecular formula is C24H19BrN8O. The molecule has 1 amide bonds. The van der Waals surface area contributed by atoms with E-state index in [1.165, 1.54) is 0 Å². The third-order valence-corrected chi connectivity index (χ3v) is 6.14. The minimum Gasteiger partial charge on any atom is -0.350 e. The molecule has 0 radical (unpaired) electrons. The highest BCUT2D eigenvalue weighted by atomic mass is 79.9. The van der Waals surface area contributed by atoms with Crippen molar-refractivity contribution in [3.05, 3.63) is 94.9 Å². The molecule has 5 heterocycles. The van der Waals surface area contributed by atoms with Gasteiger partial charge in [-0.3, -0.25) is 13.9 Å². The Morgan fingerprint density at radius 3 is 2.79 bits per heavy atom. The van der Waals surface area contributed by atoms with Crippen molar-refractivity contribution in [3.63, 3.8) is 0 Å². The van der Waals surface area contributed by atoms with E-state index in [4.69, 9.17) is 0 Å². The van der Waals surface area contributed by atoms with E-state index < -0.39 is 0 Å². The van der Waals surface area contributed by atoms with Gasteiger partial charge in [0.15, 0.2) is 11.3 Å². The van der Waals surface area contributed by atoms with Crippen LogP contribution in [0.2, 0.25) is 0 Å². The van der Waals surface area contributed by atoms with Crippen LogP contribution in [0.3, 0.4) is 0 Å². The summed E-state index contributed by atoms with van der Waals surface area (Å²) in [6.45, 7) is 0.885. The lowest BCUT2D eigenvalue weighted by Gasteiger charge is -2.03. The van der Waals surface area contributed by atoms with Crippen molar-refractivity contribution in [1.29, 1.82) is 0 Å². The lowest BCUT2D eigenvalue weighted by atomic mass is 10.2. The first-order valence-corrected chi connectivity index (χ1v) is 11.6. The summed E-state index contributed by atoms with van der Waals surface area (Å²) in [6.07, 6.45) is 6.41. The number of halogens is 1. The van der Waals surface area contributed by atoms with Crippen molar-refractivity contribution < 1.29 is 4.79 Å². The molecule has 0 atom stereocenters. The summed E-state index contributed by atoms with van der Waals surface area (Å²) in [5.74, 6) is 0.576. The molecule has 34 heavy (non-hydrogen) atoms. The molecular weight excluding hydrogens is 496 g/mol. The minimum atomic E-state index is -0.220. The number of pyridine rings is 2. The van der Waals surface area contributed by atoms with Gasteiger partial charge in [0.25, 0.3) is 5.91 Å². The van der Waals surface area contributed by atoms with E-state index in [0.29, 0.717) is 25.2 Å². The van der Waals surface area contributed by atoms with Crippen LogP contribution >= 0.6 is 15.9 Å². The summed E-state index contributed by atoms with van der Waals surface area (Å²) in [7, 11) is 0. The molecule has 6 rings (SSSR count). The Morgan fingerprint density at radius 2 is 1.85 bits per heavy atom. The SMILES string of the molecule is O=C(NCCc1nnc2ccccn12)c1nn(Cc2cn3cc(Br)ccc3n2)c2ccccc12. The van der Waals surface area contributed by atoms with E-state index in [0.717, 1.165) is 38.2 Å². The van der Waals surface area contributed by atoms with Gasteiger partial charge < -0.3 is 9.72 Å². The zero-order valence-corrected chi connectivity index (χ0v) is 19.6. The van der Waals surface area contributed by atoms with Crippen LogP contribution in [0, 0.1) is 0 Å². The average Bonchev–Trinajstić information content (AvgIpc) is 3.54. The standard InChI is InChI=1S/C24H19BrN8O/c25-16-8-9-20-27-17(14-31(20)13-16)15-33-19-6-2-1-5-18(19)23(30-33)24(34)26-11-10-22-29-28-21-7-3-4-12-32(21)22/h1-9,12-14H,10-11,15H2,(H,26,34). The Bertz CT molecular complexity index is 1660. The van der Waals surface area contributed by atoms with Gasteiger partial charge in [-0.1, -0.05) is 24.3 Å². The van der Waals surface area contributed by atoms with Crippen LogP contribution < -0.4 is 5.32 Å². The zero-order chi connectivity index (χ0) is 23.1. The average molecular weight is 515 g/mol. The minimum absolute atomic E-state index is 0.220. The highest BCUT2D eigenvalue weighted by Gasteiger charge is 2.18. The molecule has 1 N–H and O–H groups in total. The van der Waals surface area contributed by atoms with Gasteiger partial charge in [-0.05, 0) is 46.3 Å². The first kappa shape index (κ1) is 20.5. The number of fused-ring (bicyclic) bond motifs is 3. The Kier molecular flexibility index (Phi) is 5.06. The van der Waals surface area contributed by atoms with Crippen LogP contribution in [0.15, 0.2) is 77.7 Å². The van der Waals surface area contributed by atoms with Crippen molar-refractivity contribution in [1.82, 2.24) is 39.1 Å². The molecule has 1 aromatic carbocycles. The molecule has 5 aromatic heterocycles. The van der Waals surface area contributed by atoms with Gasteiger partial charge in [0, 0.05) is 41.4 Å². The molecule has 10 heteroatoms. The number of rotatable bonds is 6. The quantitative estimate of drug-likeness (QED) is 0.367. The third kappa shape index (κ3) is 3.71. The largest absolute Gasteiger partial charge is 0.350 e. The van der Waals surface area contributed by atoms with E-state index in [-0.39, 0.29) is 5.91 Å². The Morgan fingerprint density at radius 1 is 0.971 bits per heavy atom. The number of carbonyl (C=O) groups is 1. The van der Waals surface area contributed by atoms with Crippen LogP contribution in [-0.2, 0) is 13.0 Å². The molecule has 0 aliphatic heterocycles. The number of amides is 1. The van der Waals surface area contributed by atoms with Crippen molar-refractivity contribution in [2.45, 2.75) is 13.0 Å². The topological polar surface area (TPSA) is 94.4 Å². The number of para-hydroxylation sites is 1. The first-order chi connectivity index (χ1) is 16.7. The number of benzene rings is 1. The smallest absolute Gasteiger partial charge is 0.272 e. The second kappa shape index (κ2) is 8.38. The predicted molar refractivity (Wildman–Crippen MR) is 131 cm³/mol. The van der Waals surface area contributed by atoms with Gasteiger partial charge in [0.1, 0.15) is 11.5 Å². The maximum absolute atomic E-state index is 13.0. The van der Waals surface area contributed by atoms with Crippen molar-refractivity contribution in [3.8, 4) is 0 Å². The normalized spacial score (nSPS) is 11.6. The Labute approximate surface area is 202 Å². The van der Waals surface area contributed by atoms with E-state index in [1.54, 1.807) is 0 Å². The second-order valence-corrected chi connectivity index (χ2v) is 8.84. The summed E-state index contributed by atoms with van der Waals surface area (Å²) in [5.41, 5.74) is 3.78. The molecule has 0 aliphatic carbocycles. The number of aromatic nitrogens is 7. The number of nitrogens with zero attached hydrogens (tertiary/aromatic N) is 7. The third-order valence-electron chi connectivity index (χ3n) is 5.67. The van der Waals surface area contributed by atoms with Crippen molar-refractivity contribution in [2.24, 2.45) is 0 Å². The van der Waals surface area contributed by atoms with Crippen LogP contribution in [0.25, 0.3) is 22.2 Å². The van der Waals surface area contributed by atoms with E-state index in [9.17, 15) is 4.79 Å². The molecule has 168 valence electrons. The lowest BCUT2D eigenvalue weighted by molar-refractivity contribution is 0.0949. The molecule has 0 saturated heterocycles. The molecule has 0 unspecified atom stereocenters. The van der Waals surface area contributed by atoms with Crippen molar-refractivity contribution in [2.75, 3.05) is 6.54 Å². The number of imidazole rings is 1. The number of nitrogens with one attached hydrogen (secondary N) is 1. The predicted octanol–water partition coefficient (Wildman–Crippen LogP) is 3.51. The van der Waals surface area contributed by atoms with Crippen LogP contribution in [0.1, 0.15) is 22.0 Å². The van der Waals surface area contributed by atoms with E-state index in [1.807, 2.05) is 86.7 Å². The number of hydrogen-bond acceptors (Lipinski definition) is 5. The van der Waals surface area contributed by atoms with Crippen molar-refractivity contribution >= 4 is 44.0 Å². The number of carbonyl (C=O) groups excluding carboxylic acids is 1. The lowest BCUT2D eigenvalue weighted by Crippen LogP contribution is -2.27. The van der Waals surface area contributed by atoms with Crippen LogP contribution in [0.5, 0.6) is 0 Å². The van der Waals surface area contributed by atoms with Crippen LogP contribution in [-0.4, -0.2) is 46.2 Å². The maximum atomic E-state index is 13.0. The van der Waals surface area contributed by atoms with E-state index >= 15 is 0 Å². The molecule has 0 spiro atoms. The van der Waals surface area contributed by atoms with Crippen LogP contribution in [0.4, 0.5) is 0 Å². The van der Waals surface area contributed by atoms with Gasteiger partial charge in [0.2, 0.25) is 0 Å². The fourth-order valence-electron chi connectivity index (χ4n) is 4.10. The van der Waals surface area contributed by atoms with Gasteiger partial charge in [-0.25, -0.2) is 4.98 Å². The molecule has 0 bridgehead atoms. The highest BCUT2D eigenvalue weighted by Crippen LogP contribution is 2.20. The Balaban J connectivity index is 1.23. The fraction of sp³-hybridized carbons (Fsp3) is 0.125. The Hall–Kier alpha value is -4.05. The van der Waals surface area contributed by atoms with Gasteiger partial charge >= 0.3 is 0 Å². The van der Waals surface area contributed by atoms with E-state index in [2.05, 4.69) is 41.5 Å². The molecule has 9 nitrogen and oxygen atoms in total. The molecule has 6 aromatic rings. The van der Waals surface area contributed by atoms with Gasteiger partial charge in [-0.2, -0.15) is 5.10 Å². The molecule has 0 fully saturated rings. The number of hydrogen-bond donors (Lipinski definition) is 1. The summed E-state index contributed by atoms with van der Waals surface area (Å²) in [6, 6.07) is 17.4. The monoisotopic (exact) mass is 514 g/mol. The summed E-state index contributed by atoms with van der Waals surface area (Å²) >= 11 is 3.49.